The lowest BCUT2D eigenvalue weighted by Gasteiger charge is -2.12. The van der Waals surface area contributed by atoms with Crippen LogP contribution in [-0.4, -0.2) is 26.3 Å². The fraction of sp³-hybridized carbons (Fsp3) is 0.500. The third-order valence-corrected chi connectivity index (χ3v) is 3.81. The summed E-state index contributed by atoms with van der Waals surface area (Å²) in [5.74, 6) is 1.57. The monoisotopic (exact) mass is 337 g/mol. The van der Waals surface area contributed by atoms with E-state index >= 15 is 0 Å². The molecule has 0 bridgehead atoms. The van der Waals surface area contributed by atoms with Crippen LogP contribution in [0.4, 0.5) is 5.82 Å². The topological polar surface area (TPSA) is 55.6 Å². The Hall–Kier alpha value is -1.43. The van der Waals surface area contributed by atoms with Crippen molar-refractivity contribution in [2.24, 2.45) is 0 Å². The third-order valence-electron chi connectivity index (χ3n) is 2.98. The SMILES string of the molecule is CCCn1nccc1-c1nc(CC)c(Br)c(NCC)n1. The zero-order chi connectivity index (χ0) is 14.5. The van der Waals surface area contributed by atoms with Crippen LogP contribution in [-0.2, 0) is 13.0 Å². The molecular formula is C14H20BrN5. The molecule has 0 fully saturated rings. The summed E-state index contributed by atoms with van der Waals surface area (Å²) in [5, 5.41) is 7.62. The number of nitrogens with one attached hydrogen (secondary N) is 1. The molecule has 0 unspecified atom stereocenters. The number of halogens is 1. The standard InChI is InChI=1S/C14H20BrN5/c1-4-9-20-11(7-8-17-20)13-18-10(5-2)12(15)14(19-13)16-6-3/h7-8H,4-6,9H2,1-3H3,(H,16,18,19). The van der Waals surface area contributed by atoms with Crippen LogP contribution in [0.5, 0.6) is 0 Å². The average molecular weight is 338 g/mol. The molecule has 0 saturated carbocycles. The quantitative estimate of drug-likeness (QED) is 0.876. The first-order chi connectivity index (χ1) is 9.71. The van der Waals surface area contributed by atoms with Crippen LogP contribution in [0.3, 0.4) is 0 Å². The van der Waals surface area contributed by atoms with E-state index in [0.29, 0.717) is 0 Å². The van der Waals surface area contributed by atoms with Gasteiger partial charge in [0.2, 0.25) is 0 Å². The minimum atomic E-state index is 0.729. The minimum Gasteiger partial charge on any atom is -0.369 e. The first kappa shape index (κ1) is 15.0. The van der Waals surface area contributed by atoms with Crippen LogP contribution in [0.1, 0.15) is 32.9 Å². The summed E-state index contributed by atoms with van der Waals surface area (Å²) in [4.78, 5) is 9.29. The van der Waals surface area contributed by atoms with E-state index in [9.17, 15) is 0 Å². The Morgan fingerprint density at radius 1 is 1.25 bits per heavy atom. The summed E-state index contributed by atoms with van der Waals surface area (Å²) < 4.78 is 2.91. The molecule has 0 aromatic carbocycles. The van der Waals surface area contributed by atoms with Crippen molar-refractivity contribution >= 4 is 21.7 Å². The number of aromatic nitrogens is 4. The van der Waals surface area contributed by atoms with Gasteiger partial charge in [0.1, 0.15) is 11.5 Å². The van der Waals surface area contributed by atoms with Crippen molar-refractivity contribution in [3.63, 3.8) is 0 Å². The summed E-state index contributed by atoms with van der Waals surface area (Å²) in [6.07, 6.45) is 3.69. The maximum atomic E-state index is 4.66. The van der Waals surface area contributed by atoms with Gasteiger partial charge in [0, 0.05) is 19.3 Å². The van der Waals surface area contributed by atoms with Gasteiger partial charge in [-0.2, -0.15) is 5.10 Å². The van der Waals surface area contributed by atoms with Gasteiger partial charge in [-0.25, -0.2) is 9.97 Å². The fourth-order valence-corrected chi connectivity index (χ4v) is 2.64. The third kappa shape index (κ3) is 3.00. The van der Waals surface area contributed by atoms with E-state index < -0.39 is 0 Å². The molecule has 0 saturated heterocycles. The molecule has 0 spiro atoms. The highest BCUT2D eigenvalue weighted by atomic mass is 79.9. The highest BCUT2D eigenvalue weighted by Gasteiger charge is 2.14. The van der Waals surface area contributed by atoms with Crippen LogP contribution in [0.25, 0.3) is 11.5 Å². The van der Waals surface area contributed by atoms with Gasteiger partial charge >= 0.3 is 0 Å². The molecule has 6 heteroatoms. The summed E-state index contributed by atoms with van der Waals surface area (Å²) in [7, 11) is 0. The summed E-state index contributed by atoms with van der Waals surface area (Å²) in [6, 6.07) is 1.97. The largest absolute Gasteiger partial charge is 0.369 e. The van der Waals surface area contributed by atoms with Gasteiger partial charge in [0.15, 0.2) is 5.82 Å². The van der Waals surface area contributed by atoms with Gasteiger partial charge in [-0.15, -0.1) is 0 Å². The zero-order valence-corrected chi connectivity index (χ0v) is 13.7. The molecule has 2 rings (SSSR count). The van der Waals surface area contributed by atoms with Crippen LogP contribution >= 0.6 is 15.9 Å². The predicted molar refractivity (Wildman–Crippen MR) is 84.8 cm³/mol. The molecule has 0 amide bonds. The second-order valence-electron chi connectivity index (χ2n) is 4.48. The molecule has 0 aliphatic heterocycles. The summed E-state index contributed by atoms with van der Waals surface area (Å²) in [6.45, 7) is 7.98. The Morgan fingerprint density at radius 3 is 2.70 bits per heavy atom. The van der Waals surface area contributed by atoms with Gasteiger partial charge in [-0.05, 0) is 41.8 Å². The van der Waals surface area contributed by atoms with E-state index in [1.54, 1.807) is 6.20 Å². The molecular weight excluding hydrogens is 318 g/mol. The van der Waals surface area contributed by atoms with E-state index in [2.05, 4.69) is 57.1 Å². The molecule has 20 heavy (non-hydrogen) atoms. The van der Waals surface area contributed by atoms with Crippen LogP contribution in [0.15, 0.2) is 16.7 Å². The maximum absolute atomic E-state index is 4.66. The van der Waals surface area contributed by atoms with E-state index in [1.807, 2.05) is 10.7 Å². The van der Waals surface area contributed by atoms with Crippen LogP contribution in [0, 0.1) is 0 Å². The Kier molecular flexibility index (Phi) is 5.11. The molecule has 5 nitrogen and oxygen atoms in total. The Labute approximate surface area is 128 Å². The molecule has 0 atom stereocenters. The Bertz CT molecular complexity index is 579. The van der Waals surface area contributed by atoms with Crippen LogP contribution in [0.2, 0.25) is 0 Å². The van der Waals surface area contributed by atoms with Crippen LogP contribution < -0.4 is 5.32 Å². The first-order valence-corrected chi connectivity index (χ1v) is 7.82. The number of nitrogens with zero attached hydrogens (tertiary/aromatic N) is 4. The molecule has 108 valence electrons. The number of rotatable bonds is 6. The first-order valence-electron chi connectivity index (χ1n) is 7.03. The summed E-state index contributed by atoms with van der Waals surface area (Å²) >= 11 is 3.58. The second-order valence-corrected chi connectivity index (χ2v) is 5.27. The van der Waals surface area contributed by atoms with E-state index in [1.165, 1.54) is 0 Å². The number of hydrogen-bond donors (Lipinski definition) is 1. The van der Waals surface area contributed by atoms with Crippen molar-refractivity contribution in [1.82, 2.24) is 19.7 Å². The maximum Gasteiger partial charge on any atom is 0.180 e. The number of hydrogen-bond acceptors (Lipinski definition) is 4. The van der Waals surface area contributed by atoms with Gasteiger partial charge in [0.05, 0.1) is 10.2 Å². The number of aryl methyl sites for hydroxylation is 2. The Morgan fingerprint density at radius 2 is 2.05 bits per heavy atom. The normalized spacial score (nSPS) is 10.8. The lowest BCUT2D eigenvalue weighted by molar-refractivity contribution is 0.606. The van der Waals surface area contributed by atoms with Crippen molar-refractivity contribution in [2.45, 2.75) is 40.2 Å². The van der Waals surface area contributed by atoms with Crippen molar-refractivity contribution in [1.29, 1.82) is 0 Å². The van der Waals surface area contributed by atoms with Crippen molar-refractivity contribution < 1.29 is 0 Å². The molecule has 2 heterocycles. The van der Waals surface area contributed by atoms with E-state index in [4.69, 9.17) is 0 Å². The van der Waals surface area contributed by atoms with E-state index in [-0.39, 0.29) is 0 Å². The van der Waals surface area contributed by atoms with Crippen molar-refractivity contribution in [3.8, 4) is 11.5 Å². The molecule has 0 aliphatic rings. The smallest absolute Gasteiger partial charge is 0.180 e. The average Bonchev–Trinajstić information content (AvgIpc) is 2.90. The lowest BCUT2D eigenvalue weighted by Crippen LogP contribution is -2.08. The van der Waals surface area contributed by atoms with Crippen molar-refractivity contribution in [3.05, 3.63) is 22.4 Å². The molecule has 2 aromatic heterocycles. The van der Waals surface area contributed by atoms with E-state index in [0.717, 1.165) is 53.4 Å². The fourth-order valence-electron chi connectivity index (χ4n) is 2.04. The minimum absolute atomic E-state index is 0.729. The zero-order valence-electron chi connectivity index (χ0n) is 12.1. The Balaban J connectivity index is 2.50. The number of anilines is 1. The molecule has 0 aliphatic carbocycles. The molecule has 2 aromatic rings. The second kappa shape index (κ2) is 6.83. The van der Waals surface area contributed by atoms with Gasteiger partial charge in [-0.1, -0.05) is 13.8 Å². The van der Waals surface area contributed by atoms with Gasteiger partial charge in [-0.3, -0.25) is 4.68 Å². The van der Waals surface area contributed by atoms with Crippen molar-refractivity contribution in [2.75, 3.05) is 11.9 Å². The predicted octanol–water partition coefficient (Wildman–Crippen LogP) is 3.51. The lowest BCUT2D eigenvalue weighted by atomic mass is 10.3. The van der Waals surface area contributed by atoms with Gasteiger partial charge < -0.3 is 5.32 Å². The summed E-state index contributed by atoms with van der Waals surface area (Å²) in [5.41, 5.74) is 1.98. The van der Waals surface area contributed by atoms with Gasteiger partial charge in [0.25, 0.3) is 0 Å². The molecule has 1 N–H and O–H groups in total. The highest BCUT2D eigenvalue weighted by molar-refractivity contribution is 9.10. The molecule has 0 radical (unpaired) electrons. The highest BCUT2D eigenvalue weighted by Crippen LogP contribution is 2.27.